The van der Waals surface area contributed by atoms with Crippen LogP contribution in [-0.4, -0.2) is 18.0 Å². The van der Waals surface area contributed by atoms with Crippen molar-refractivity contribution in [2.45, 2.75) is 32.4 Å². The number of benzene rings is 1. The van der Waals surface area contributed by atoms with Crippen molar-refractivity contribution in [1.82, 2.24) is 5.32 Å². The molecule has 0 aliphatic carbocycles. The van der Waals surface area contributed by atoms with Gasteiger partial charge in [0.05, 0.1) is 0 Å². The van der Waals surface area contributed by atoms with Crippen LogP contribution in [0.5, 0.6) is 0 Å². The molecule has 0 spiro atoms. The molecule has 0 bridgehead atoms. The summed E-state index contributed by atoms with van der Waals surface area (Å²) < 4.78 is 17.8. The summed E-state index contributed by atoms with van der Waals surface area (Å²) in [6.07, 6.45) is -0.124. The van der Waals surface area contributed by atoms with Gasteiger partial charge in [-0.3, -0.25) is 0 Å². The van der Waals surface area contributed by atoms with E-state index in [-0.39, 0.29) is 0 Å². The molecule has 0 fully saturated rings. The first-order valence-corrected chi connectivity index (χ1v) is 5.52. The average Bonchev–Trinajstić information content (AvgIpc) is 2.25. The zero-order chi connectivity index (χ0) is 13.8. The Hall–Kier alpha value is -1.91. The monoisotopic (exact) mass is 253 g/mol. The molecule has 1 atom stereocenters. The van der Waals surface area contributed by atoms with Crippen molar-refractivity contribution in [3.63, 3.8) is 0 Å². The van der Waals surface area contributed by atoms with E-state index in [4.69, 9.17) is 4.74 Å². The fourth-order valence-corrected chi connectivity index (χ4v) is 1.30. The van der Waals surface area contributed by atoms with Crippen LogP contribution in [0.1, 0.15) is 32.4 Å². The fourth-order valence-electron chi connectivity index (χ4n) is 1.30. The number of hydrogen-bond donors (Lipinski definition) is 1. The number of hydrogen-bond acceptors (Lipinski definition) is 3. The van der Waals surface area contributed by atoms with Crippen LogP contribution >= 0.6 is 0 Å². The van der Waals surface area contributed by atoms with E-state index in [0.717, 1.165) is 0 Å². The highest BCUT2D eigenvalue weighted by Crippen LogP contribution is 2.13. The lowest BCUT2D eigenvalue weighted by Crippen LogP contribution is -2.35. The topological polar surface area (TPSA) is 55.4 Å². The number of rotatable bonds is 3. The van der Waals surface area contributed by atoms with Gasteiger partial charge in [-0.05, 0) is 38.5 Å². The first-order chi connectivity index (χ1) is 8.31. The summed E-state index contributed by atoms with van der Waals surface area (Å²) in [4.78, 5) is 22.4. The van der Waals surface area contributed by atoms with Gasteiger partial charge in [-0.2, -0.15) is 0 Å². The van der Waals surface area contributed by atoms with Gasteiger partial charge in [-0.1, -0.05) is 12.1 Å². The lowest BCUT2D eigenvalue weighted by molar-refractivity contribution is -0.109. The molecule has 0 radical (unpaired) electrons. The molecule has 18 heavy (non-hydrogen) atoms. The van der Waals surface area contributed by atoms with E-state index in [0.29, 0.717) is 11.8 Å². The van der Waals surface area contributed by atoms with Gasteiger partial charge in [0.25, 0.3) is 0 Å². The lowest BCUT2D eigenvalue weighted by atomic mass is 10.1. The molecule has 5 heteroatoms. The minimum Gasteiger partial charge on any atom is -0.444 e. The Morgan fingerprint density at radius 3 is 2.33 bits per heavy atom. The van der Waals surface area contributed by atoms with Crippen LogP contribution in [0.2, 0.25) is 0 Å². The second kappa shape index (κ2) is 5.62. The van der Waals surface area contributed by atoms with Gasteiger partial charge < -0.3 is 14.8 Å². The molecular weight excluding hydrogens is 237 g/mol. The normalized spacial score (nSPS) is 12.7. The predicted molar refractivity (Wildman–Crippen MR) is 64.6 cm³/mol. The van der Waals surface area contributed by atoms with E-state index in [2.05, 4.69) is 5.32 Å². The molecule has 98 valence electrons. The van der Waals surface area contributed by atoms with Crippen LogP contribution in [0, 0.1) is 5.82 Å². The number of ether oxygens (including phenoxy) is 1. The number of alkyl carbamates (subject to hydrolysis) is 1. The summed E-state index contributed by atoms with van der Waals surface area (Å²) in [5.74, 6) is -0.402. The highest BCUT2D eigenvalue weighted by atomic mass is 19.1. The Balaban J connectivity index is 2.71. The van der Waals surface area contributed by atoms with Crippen molar-refractivity contribution < 1.29 is 18.7 Å². The Labute approximate surface area is 105 Å². The van der Waals surface area contributed by atoms with Gasteiger partial charge in [0.15, 0.2) is 0 Å². The van der Waals surface area contributed by atoms with Crippen LogP contribution in [0.3, 0.4) is 0 Å². The largest absolute Gasteiger partial charge is 0.444 e. The smallest absolute Gasteiger partial charge is 0.408 e. The second-order valence-electron chi connectivity index (χ2n) is 4.81. The average molecular weight is 253 g/mol. The van der Waals surface area contributed by atoms with Gasteiger partial charge in [0.2, 0.25) is 0 Å². The van der Waals surface area contributed by atoms with Crippen LogP contribution in [0.15, 0.2) is 24.3 Å². The van der Waals surface area contributed by atoms with Crippen molar-refractivity contribution in [3.8, 4) is 0 Å². The second-order valence-corrected chi connectivity index (χ2v) is 4.81. The summed E-state index contributed by atoms with van der Waals surface area (Å²) in [6.45, 7) is 5.17. The van der Waals surface area contributed by atoms with Crippen LogP contribution < -0.4 is 5.32 Å². The standard InChI is InChI=1S/C13H16FNO3/c1-13(2,3)18-12(17)15-11(8-16)9-4-6-10(14)7-5-9/h4-8,11H,1-3H3,(H,15,17). The highest BCUT2D eigenvalue weighted by Gasteiger charge is 2.20. The van der Waals surface area contributed by atoms with Gasteiger partial charge >= 0.3 is 6.09 Å². The minimum absolute atomic E-state index is 0.402. The molecule has 0 aliphatic heterocycles. The molecule has 0 saturated heterocycles. The number of carbonyl (C=O) groups excluding carboxylic acids is 2. The Bertz CT molecular complexity index is 423. The van der Waals surface area contributed by atoms with E-state index in [9.17, 15) is 14.0 Å². The van der Waals surface area contributed by atoms with Crippen molar-refractivity contribution >= 4 is 12.4 Å². The molecular formula is C13H16FNO3. The Morgan fingerprint density at radius 2 is 1.89 bits per heavy atom. The SMILES string of the molecule is CC(C)(C)OC(=O)NC(C=O)c1ccc(F)cc1. The van der Waals surface area contributed by atoms with E-state index >= 15 is 0 Å². The van der Waals surface area contributed by atoms with Gasteiger partial charge in [0.1, 0.15) is 23.7 Å². The lowest BCUT2D eigenvalue weighted by Gasteiger charge is -2.21. The predicted octanol–water partition coefficient (Wildman–Crippen LogP) is 2.59. The van der Waals surface area contributed by atoms with Crippen molar-refractivity contribution in [2.75, 3.05) is 0 Å². The molecule has 1 N–H and O–H groups in total. The maximum Gasteiger partial charge on any atom is 0.408 e. The van der Waals surface area contributed by atoms with Gasteiger partial charge in [-0.15, -0.1) is 0 Å². The number of aldehydes is 1. The maximum absolute atomic E-state index is 12.7. The first kappa shape index (κ1) is 14.2. The molecule has 1 aromatic carbocycles. The molecule has 0 heterocycles. The molecule has 1 unspecified atom stereocenters. The number of halogens is 1. The summed E-state index contributed by atoms with van der Waals surface area (Å²) in [6, 6.07) is 4.48. The molecule has 0 saturated carbocycles. The molecule has 1 amide bonds. The summed E-state index contributed by atoms with van der Waals surface area (Å²) in [5, 5.41) is 2.41. The summed E-state index contributed by atoms with van der Waals surface area (Å²) in [5.41, 5.74) is -0.141. The minimum atomic E-state index is -0.847. The number of amides is 1. The van der Waals surface area contributed by atoms with E-state index in [1.807, 2.05) is 0 Å². The van der Waals surface area contributed by atoms with Crippen molar-refractivity contribution in [1.29, 1.82) is 0 Å². The van der Waals surface area contributed by atoms with Crippen molar-refractivity contribution in [2.24, 2.45) is 0 Å². The number of nitrogens with one attached hydrogen (secondary N) is 1. The Morgan fingerprint density at radius 1 is 1.33 bits per heavy atom. The van der Waals surface area contributed by atoms with Crippen LogP contribution in [0.4, 0.5) is 9.18 Å². The van der Waals surface area contributed by atoms with E-state index < -0.39 is 23.6 Å². The third kappa shape index (κ3) is 4.53. The molecule has 1 aromatic rings. The van der Waals surface area contributed by atoms with Crippen molar-refractivity contribution in [3.05, 3.63) is 35.6 Å². The molecule has 0 aromatic heterocycles. The van der Waals surface area contributed by atoms with E-state index in [1.54, 1.807) is 20.8 Å². The third-order valence-corrected chi connectivity index (χ3v) is 2.04. The van der Waals surface area contributed by atoms with Crippen LogP contribution in [0.25, 0.3) is 0 Å². The zero-order valence-corrected chi connectivity index (χ0v) is 10.6. The van der Waals surface area contributed by atoms with E-state index in [1.165, 1.54) is 24.3 Å². The Kier molecular flexibility index (Phi) is 4.42. The van der Waals surface area contributed by atoms with Gasteiger partial charge in [-0.25, -0.2) is 9.18 Å². The van der Waals surface area contributed by atoms with Crippen LogP contribution in [-0.2, 0) is 9.53 Å². The first-order valence-electron chi connectivity index (χ1n) is 5.52. The molecule has 0 aliphatic rings. The number of carbonyl (C=O) groups is 2. The third-order valence-electron chi connectivity index (χ3n) is 2.04. The highest BCUT2D eigenvalue weighted by molar-refractivity contribution is 5.74. The summed E-state index contributed by atoms with van der Waals surface area (Å²) in [7, 11) is 0. The molecule has 1 rings (SSSR count). The maximum atomic E-state index is 12.7. The fraction of sp³-hybridized carbons (Fsp3) is 0.385. The molecule has 4 nitrogen and oxygen atoms in total. The zero-order valence-electron chi connectivity index (χ0n) is 10.6. The summed E-state index contributed by atoms with van der Waals surface area (Å²) >= 11 is 0. The quantitative estimate of drug-likeness (QED) is 0.842. The van der Waals surface area contributed by atoms with Gasteiger partial charge in [0, 0.05) is 0 Å².